The van der Waals surface area contributed by atoms with Crippen LogP contribution in [0.2, 0.25) is 0 Å². The summed E-state index contributed by atoms with van der Waals surface area (Å²) < 4.78 is 14.1. The monoisotopic (exact) mass is 432 g/mol. The molecule has 4 rings (SSSR count). The van der Waals surface area contributed by atoms with Crippen LogP contribution >= 0.6 is 0 Å². The molecule has 1 N–H and O–H groups in total. The van der Waals surface area contributed by atoms with Crippen LogP contribution in [0, 0.1) is 5.82 Å². The van der Waals surface area contributed by atoms with Gasteiger partial charge in [-0.25, -0.2) is 9.45 Å². The molecule has 0 spiro atoms. The molecule has 6 heteroatoms. The summed E-state index contributed by atoms with van der Waals surface area (Å²) in [6.45, 7) is 3.59. The van der Waals surface area contributed by atoms with Crippen molar-refractivity contribution in [3.8, 4) is 0 Å². The Balaban J connectivity index is 1.74. The number of amides is 1. The number of carbonyl (C=O) groups excluding carboxylic acids is 2. The second-order valence-electron chi connectivity index (χ2n) is 8.38. The van der Waals surface area contributed by atoms with E-state index in [9.17, 15) is 14.0 Å². The van der Waals surface area contributed by atoms with E-state index >= 15 is 0 Å². The number of ketones is 1. The number of fused-ring (bicyclic) bond motifs is 1. The Bertz CT molecular complexity index is 1120. The predicted molar refractivity (Wildman–Crippen MR) is 120 cm³/mol. The first-order chi connectivity index (χ1) is 15.3. The van der Waals surface area contributed by atoms with Crippen LogP contribution in [0.5, 0.6) is 0 Å². The first kappa shape index (κ1) is 21.7. The number of nitrogens with zero attached hydrogens (tertiary/aromatic N) is 1. The number of anilines is 1. The molecule has 0 aromatic heterocycles. The molecule has 1 heterocycles. The van der Waals surface area contributed by atoms with Gasteiger partial charge < -0.3 is 5.32 Å². The topological polar surface area (TPSA) is 58.6 Å². The minimum absolute atomic E-state index is 0.000928. The summed E-state index contributed by atoms with van der Waals surface area (Å²) in [5.41, 5.74) is 1.47. The summed E-state index contributed by atoms with van der Waals surface area (Å²) in [6, 6.07) is 22.0. The highest BCUT2D eigenvalue weighted by Crippen LogP contribution is 2.38. The van der Waals surface area contributed by atoms with E-state index in [1.165, 1.54) is 17.2 Å². The number of Topliss-reactive ketones (excluding diaryl/α,β-unsaturated/α-hetero) is 1. The van der Waals surface area contributed by atoms with Gasteiger partial charge in [-0.2, -0.15) is 0 Å². The Hall–Kier alpha value is -3.51. The van der Waals surface area contributed by atoms with Crippen LogP contribution in [-0.4, -0.2) is 22.3 Å². The molecule has 1 aliphatic heterocycles. The smallest absolute Gasteiger partial charge is 0.271 e. The third kappa shape index (κ3) is 4.55. The van der Waals surface area contributed by atoms with Crippen LogP contribution in [0.1, 0.15) is 47.8 Å². The highest BCUT2D eigenvalue weighted by atomic mass is 19.1. The van der Waals surface area contributed by atoms with E-state index in [-0.39, 0.29) is 24.7 Å². The van der Waals surface area contributed by atoms with Gasteiger partial charge in [0.2, 0.25) is 0 Å². The van der Waals surface area contributed by atoms with Crippen molar-refractivity contribution in [3.63, 3.8) is 0 Å². The van der Waals surface area contributed by atoms with Crippen LogP contribution in [-0.2, 0) is 16.2 Å². The SMILES string of the molecule is CC1(C)Nc2cc(F)ccc2C(CC(=O)c2ccccc2)N(OCc2ccccc2)C1=O. The third-order valence-electron chi connectivity index (χ3n) is 5.53. The molecule has 0 saturated carbocycles. The van der Waals surface area contributed by atoms with E-state index < -0.39 is 17.4 Å². The van der Waals surface area contributed by atoms with Crippen molar-refractivity contribution in [1.82, 2.24) is 5.06 Å². The summed E-state index contributed by atoms with van der Waals surface area (Å²) >= 11 is 0. The largest absolute Gasteiger partial charge is 0.371 e. The minimum atomic E-state index is -1.07. The van der Waals surface area contributed by atoms with Gasteiger partial charge in [-0.05, 0) is 31.5 Å². The van der Waals surface area contributed by atoms with E-state index in [0.717, 1.165) is 5.56 Å². The molecule has 1 aliphatic rings. The van der Waals surface area contributed by atoms with Crippen LogP contribution < -0.4 is 5.32 Å². The molecule has 5 nitrogen and oxygen atoms in total. The number of halogens is 1. The highest BCUT2D eigenvalue weighted by molar-refractivity contribution is 5.97. The maximum absolute atomic E-state index is 14.1. The lowest BCUT2D eigenvalue weighted by Gasteiger charge is -2.33. The first-order valence-corrected chi connectivity index (χ1v) is 10.5. The van der Waals surface area contributed by atoms with E-state index in [0.29, 0.717) is 16.8 Å². The van der Waals surface area contributed by atoms with Crippen LogP contribution in [0.3, 0.4) is 0 Å². The van der Waals surface area contributed by atoms with E-state index in [4.69, 9.17) is 4.84 Å². The number of rotatable bonds is 6. The Morgan fingerprint density at radius 2 is 1.69 bits per heavy atom. The van der Waals surface area contributed by atoms with Crippen LogP contribution in [0.25, 0.3) is 0 Å². The fourth-order valence-corrected chi connectivity index (χ4v) is 3.84. The average molecular weight is 432 g/mol. The summed E-state index contributed by atoms with van der Waals surface area (Å²) in [5.74, 6) is -0.895. The number of carbonyl (C=O) groups is 2. The minimum Gasteiger partial charge on any atom is -0.371 e. The number of hydrogen-bond donors (Lipinski definition) is 1. The molecule has 0 saturated heterocycles. The van der Waals surface area contributed by atoms with Gasteiger partial charge in [-0.1, -0.05) is 66.7 Å². The second-order valence-corrected chi connectivity index (χ2v) is 8.38. The van der Waals surface area contributed by atoms with E-state index in [1.807, 2.05) is 36.4 Å². The summed E-state index contributed by atoms with van der Waals surface area (Å²) in [6.07, 6.45) is 0.000928. The molecule has 0 fully saturated rings. The maximum Gasteiger partial charge on any atom is 0.271 e. The Morgan fingerprint density at radius 3 is 2.38 bits per heavy atom. The standard InChI is InChI=1S/C26H25FN2O3/c1-26(2)25(31)29(32-17-18-9-5-3-6-10-18)23(16-24(30)19-11-7-4-8-12-19)21-14-13-20(27)15-22(21)28-26/h3-15,23,28H,16-17H2,1-2H3. The van der Waals surface area contributed by atoms with Crippen LogP contribution in [0.15, 0.2) is 78.9 Å². The normalized spacial score (nSPS) is 17.3. The quantitative estimate of drug-likeness (QED) is 0.537. The number of nitrogens with one attached hydrogen (secondary N) is 1. The zero-order chi connectivity index (χ0) is 22.7. The van der Waals surface area contributed by atoms with Gasteiger partial charge in [0.25, 0.3) is 5.91 Å². The highest BCUT2D eigenvalue weighted by Gasteiger charge is 2.42. The van der Waals surface area contributed by atoms with Crippen molar-refractivity contribution < 1.29 is 18.8 Å². The summed E-state index contributed by atoms with van der Waals surface area (Å²) in [7, 11) is 0. The van der Waals surface area contributed by atoms with E-state index in [2.05, 4.69) is 5.32 Å². The Kier molecular flexibility index (Phi) is 6.06. The van der Waals surface area contributed by atoms with Crippen LogP contribution in [0.4, 0.5) is 10.1 Å². The van der Waals surface area contributed by atoms with Crippen molar-refractivity contribution in [2.45, 2.75) is 38.5 Å². The second kappa shape index (κ2) is 8.93. The number of benzene rings is 3. The molecule has 3 aromatic rings. The Morgan fingerprint density at radius 1 is 1.03 bits per heavy atom. The molecule has 0 radical (unpaired) electrons. The predicted octanol–water partition coefficient (Wildman–Crippen LogP) is 5.30. The number of hydrogen-bond acceptors (Lipinski definition) is 4. The molecule has 0 aliphatic carbocycles. The lowest BCUT2D eigenvalue weighted by atomic mass is 9.96. The van der Waals surface area contributed by atoms with Crippen molar-refractivity contribution >= 4 is 17.4 Å². The third-order valence-corrected chi connectivity index (χ3v) is 5.53. The molecule has 32 heavy (non-hydrogen) atoms. The lowest BCUT2D eigenvalue weighted by Crippen LogP contribution is -2.49. The van der Waals surface area contributed by atoms with E-state index in [1.54, 1.807) is 44.2 Å². The van der Waals surface area contributed by atoms with Gasteiger partial charge in [-0.15, -0.1) is 0 Å². The molecule has 1 atom stereocenters. The first-order valence-electron chi connectivity index (χ1n) is 10.5. The van der Waals surface area contributed by atoms with Gasteiger partial charge in [0.15, 0.2) is 5.78 Å². The number of hydroxylamine groups is 2. The maximum atomic E-state index is 14.1. The van der Waals surface area contributed by atoms with Gasteiger partial charge in [-0.3, -0.25) is 14.4 Å². The van der Waals surface area contributed by atoms with Crippen molar-refractivity contribution in [2.24, 2.45) is 0 Å². The molecule has 0 bridgehead atoms. The van der Waals surface area contributed by atoms with Crippen molar-refractivity contribution in [2.75, 3.05) is 5.32 Å². The van der Waals surface area contributed by atoms with Gasteiger partial charge >= 0.3 is 0 Å². The lowest BCUT2D eigenvalue weighted by molar-refractivity contribution is -0.209. The molecular weight excluding hydrogens is 407 g/mol. The fourth-order valence-electron chi connectivity index (χ4n) is 3.84. The average Bonchev–Trinajstić information content (AvgIpc) is 2.86. The Labute approximate surface area is 186 Å². The molecule has 3 aromatic carbocycles. The molecule has 1 amide bonds. The molecule has 164 valence electrons. The zero-order valence-electron chi connectivity index (χ0n) is 18.0. The van der Waals surface area contributed by atoms with Gasteiger partial charge in [0.05, 0.1) is 6.04 Å². The summed E-state index contributed by atoms with van der Waals surface area (Å²) in [4.78, 5) is 32.6. The van der Waals surface area contributed by atoms with Crippen molar-refractivity contribution in [1.29, 1.82) is 0 Å². The van der Waals surface area contributed by atoms with Gasteiger partial charge in [0.1, 0.15) is 18.0 Å². The molecular formula is C26H25FN2O3. The fraction of sp³-hybridized carbons (Fsp3) is 0.231. The van der Waals surface area contributed by atoms with Gasteiger partial charge in [0, 0.05) is 23.2 Å². The molecule has 1 unspecified atom stereocenters. The zero-order valence-corrected chi connectivity index (χ0v) is 18.0. The summed E-state index contributed by atoms with van der Waals surface area (Å²) in [5, 5.41) is 4.42. The van der Waals surface area contributed by atoms with Crippen molar-refractivity contribution in [3.05, 3.63) is 101 Å².